The van der Waals surface area contributed by atoms with Gasteiger partial charge in [-0.3, -0.25) is 9.59 Å². The van der Waals surface area contributed by atoms with Gasteiger partial charge in [-0.25, -0.2) is 0 Å². The molecule has 2 amide bonds. The number of thioether (sulfide) groups is 1. The maximum Gasteiger partial charge on any atom is 0.248 e. The lowest BCUT2D eigenvalue weighted by molar-refractivity contribution is -0.135. The van der Waals surface area contributed by atoms with Crippen LogP contribution in [-0.2, 0) is 9.59 Å². The van der Waals surface area contributed by atoms with Crippen molar-refractivity contribution in [1.82, 2.24) is 4.90 Å². The Morgan fingerprint density at radius 2 is 2.14 bits per heavy atom. The number of hydrogen-bond donors (Lipinski definition) is 1. The van der Waals surface area contributed by atoms with Crippen molar-refractivity contribution in [3.8, 4) is 5.75 Å². The summed E-state index contributed by atoms with van der Waals surface area (Å²) in [4.78, 5) is 26.0. The van der Waals surface area contributed by atoms with Crippen LogP contribution in [0.25, 0.3) is 0 Å². The third-order valence-corrected chi connectivity index (χ3v) is 5.61. The number of fused-ring (bicyclic) bond motifs is 1. The molecule has 0 radical (unpaired) electrons. The minimum atomic E-state index is -0.378. The van der Waals surface area contributed by atoms with E-state index in [1.54, 1.807) is 48.0 Å². The highest BCUT2D eigenvalue weighted by Gasteiger charge is 2.52. The van der Waals surface area contributed by atoms with Crippen LogP contribution in [0.5, 0.6) is 5.75 Å². The number of benzene rings is 1. The Labute approximate surface area is 128 Å². The minimum Gasteiger partial charge on any atom is -0.497 e. The van der Waals surface area contributed by atoms with Gasteiger partial charge in [-0.1, -0.05) is 0 Å². The van der Waals surface area contributed by atoms with Crippen LogP contribution in [0.2, 0.25) is 0 Å². The minimum absolute atomic E-state index is 0.0809. The van der Waals surface area contributed by atoms with E-state index in [4.69, 9.17) is 4.74 Å². The van der Waals surface area contributed by atoms with Gasteiger partial charge < -0.3 is 15.0 Å². The lowest BCUT2D eigenvalue weighted by atomic mass is 10.2. The van der Waals surface area contributed by atoms with Crippen LogP contribution in [0.4, 0.5) is 5.69 Å². The molecule has 1 aromatic rings. The molecule has 1 aromatic carbocycles. The summed E-state index contributed by atoms with van der Waals surface area (Å²) in [6.45, 7) is 2.04. The lowest BCUT2D eigenvalue weighted by Gasteiger charge is -2.29. The predicted octanol–water partition coefficient (Wildman–Crippen LogP) is 2.09. The van der Waals surface area contributed by atoms with E-state index in [1.807, 2.05) is 6.92 Å². The maximum atomic E-state index is 12.5. The van der Waals surface area contributed by atoms with E-state index in [-0.39, 0.29) is 22.7 Å². The average Bonchev–Trinajstić information content (AvgIpc) is 2.97. The first kappa shape index (κ1) is 14.3. The molecule has 2 fully saturated rings. The van der Waals surface area contributed by atoms with Gasteiger partial charge in [0.2, 0.25) is 11.8 Å². The summed E-state index contributed by atoms with van der Waals surface area (Å²) >= 11 is 1.70. The number of ether oxygens (including phenoxy) is 1. The Bertz CT molecular complexity index is 575. The molecular formula is C15H18N2O3S. The molecule has 0 saturated carbocycles. The molecule has 2 aliphatic rings. The fourth-order valence-corrected chi connectivity index (χ4v) is 4.35. The number of anilines is 1. The number of carbonyl (C=O) groups is 2. The van der Waals surface area contributed by atoms with Crippen LogP contribution in [0.15, 0.2) is 24.3 Å². The van der Waals surface area contributed by atoms with Crippen molar-refractivity contribution in [2.45, 2.75) is 30.7 Å². The largest absolute Gasteiger partial charge is 0.497 e. The van der Waals surface area contributed by atoms with Crippen molar-refractivity contribution >= 4 is 29.3 Å². The van der Waals surface area contributed by atoms with Crippen molar-refractivity contribution in [2.24, 2.45) is 0 Å². The Morgan fingerprint density at radius 1 is 1.43 bits per heavy atom. The molecule has 2 saturated heterocycles. The highest BCUT2D eigenvalue weighted by atomic mass is 32.2. The summed E-state index contributed by atoms with van der Waals surface area (Å²) in [5.74, 6) is 1.36. The quantitative estimate of drug-likeness (QED) is 0.929. The fourth-order valence-electron chi connectivity index (χ4n) is 2.91. The Balaban J connectivity index is 1.72. The number of carbonyl (C=O) groups excluding carboxylic acids is 2. The number of hydrogen-bond acceptors (Lipinski definition) is 4. The molecule has 2 aliphatic heterocycles. The molecule has 2 atom stereocenters. The molecule has 3 rings (SSSR count). The zero-order valence-electron chi connectivity index (χ0n) is 12.1. The van der Waals surface area contributed by atoms with Crippen LogP contribution in [-0.4, -0.2) is 40.5 Å². The van der Waals surface area contributed by atoms with Gasteiger partial charge in [0, 0.05) is 17.9 Å². The number of nitrogens with zero attached hydrogens (tertiary/aromatic N) is 1. The number of rotatable bonds is 3. The van der Waals surface area contributed by atoms with Gasteiger partial charge in [-0.05, 0) is 37.6 Å². The second-order valence-electron chi connectivity index (χ2n) is 5.48. The smallest absolute Gasteiger partial charge is 0.248 e. The zero-order chi connectivity index (χ0) is 15.0. The summed E-state index contributed by atoms with van der Waals surface area (Å²) in [7, 11) is 1.60. The normalized spacial score (nSPS) is 27.6. The van der Waals surface area contributed by atoms with Crippen LogP contribution in [0.1, 0.15) is 19.8 Å². The van der Waals surface area contributed by atoms with Crippen molar-refractivity contribution in [3.63, 3.8) is 0 Å². The van der Waals surface area contributed by atoms with Crippen molar-refractivity contribution in [1.29, 1.82) is 0 Å². The lowest BCUT2D eigenvalue weighted by Crippen LogP contribution is -2.48. The third-order valence-electron chi connectivity index (χ3n) is 4.11. The molecule has 1 N–H and O–H groups in total. The molecule has 0 bridgehead atoms. The Kier molecular flexibility index (Phi) is 3.57. The predicted molar refractivity (Wildman–Crippen MR) is 82.4 cm³/mol. The second-order valence-corrected chi connectivity index (χ2v) is 6.98. The first-order valence-corrected chi connectivity index (χ1v) is 7.93. The molecule has 112 valence electrons. The van der Waals surface area contributed by atoms with Gasteiger partial charge in [-0.2, -0.15) is 0 Å². The summed E-state index contributed by atoms with van der Waals surface area (Å²) in [5, 5.41) is 2.88. The summed E-state index contributed by atoms with van der Waals surface area (Å²) in [5.41, 5.74) is 0.714. The Hall–Kier alpha value is -1.69. The van der Waals surface area contributed by atoms with Crippen LogP contribution >= 0.6 is 11.8 Å². The van der Waals surface area contributed by atoms with E-state index in [2.05, 4.69) is 5.32 Å². The molecule has 0 aliphatic carbocycles. The van der Waals surface area contributed by atoms with E-state index in [0.717, 1.165) is 12.2 Å². The maximum absolute atomic E-state index is 12.5. The standard InChI is InChI=1S/C15H18N2O3S/c1-15-8-7-13(18)17(15)12(9-21-15)14(19)16-10-3-5-11(20-2)6-4-10/h3-6,12H,7-9H2,1-2H3,(H,16,19)/t12-,15-/m0/s1. The van der Waals surface area contributed by atoms with Crippen molar-refractivity contribution < 1.29 is 14.3 Å². The average molecular weight is 306 g/mol. The first-order chi connectivity index (χ1) is 10.0. The highest BCUT2D eigenvalue weighted by Crippen LogP contribution is 2.47. The van der Waals surface area contributed by atoms with Crippen LogP contribution < -0.4 is 10.1 Å². The molecule has 2 heterocycles. The van der Waals surface area contributed by atoms with E-state index < -0.39 is 0 Å². The summed E-state index contributed by atoms with van der Waals surface area (Å²) < 4.78 is 5.09. The SMILES string of the molecule is COc1ccc(NC(=O)[C@@H]2CS[C@@]3(C)CCC(=O)N23)cc1. The molecule has 21 heavy (non-hydrogen) atoms. The summed E-state index contributed by atoms with van der Waals surface area (Å²) in [6, 6.07) is 6.80. The Morgan fingerprint density at radius 3 is 2.81 bits per heavy atom. The van der Waals surface area contributed by atoms with Gasteiger partial charge in [-0.15, -0.1) is 11.8 Å². The van der Waals surface area contributed by atoms with Crippen LogP contribution in [0.3, 0.4) is 0 Å². The molecule has 0 aromatic heterocycles. The zero-order valence-corrected chi connectivity index (χ0v) is 12.9. The van der Waals surface area contributed by atoms with Crippen molar-refractivity contribution in [2.75, 3.05) is 18.2 Å². The topological polar surface area (TPSA) is 58.6 Å². The number of amides is 2. The van der Waals surface area contributed by atoms with Gasteiger partial charge in [0.15, 0.2) is 0 Å². The van der Waals surface area contributed by atoms with Gasteiger partial charge in [0.1, 0.15) is 11.8 Å². The van der Waals surface area contributed by atoms with Gasteiger partial charge in [0.25, 0.3) is 0 Å². The van der Waals surface area contributed by atoms with E-state index >= 15 is 0 Å². The third kappa shape index (κ3) is 2.48. The number of nitrogens with one attached hydrogen (secondary N) is 1. The molecule has 0 spiro atoms. The fraction of sp³-hybridized carbons (Fsp3) is 0.467. The van der Waals surface area contributed by atoms with Crippen molar-refractivity contribution in [3.05, 3.63) is 24.3 Å². The molecular weight excluding hydrogens is 288 g/mol. The molecule has 5 nitrogen and oxygen atoms in total. The first-order valence-electron chi connectivity index (χ1n) is 6.94. The molecule has 0 unspecified atom stereocenters. The molecule has 6 heteroatoms. The van der Waals surface area contributed by atoms with E-state index in [1.165, 1.54) is 0 Å². The van der Waals surface area contributed by atoms with Gasteiger partial charge >= 0.3 is 0 Å². The summed E-state index contributed by atoms with van der Waals surface area (Å²) in [6.07, 6.45) is 1.36. The van der Waals surface area contributed by atoms with Gasteiger partial charge in [0.05, 0.1) is 12.0 Å². The van der Waals surface area contributed by atoms with E-state index in [0.29, 0.717) is 17.9 Å². The van der Waals surface area contributed by atoms with E-state index in [9.17, 15) is 9.59 Å². The van der Waals surface area contributed by atoms with Crippen LogP contribution in [0, 0.1) is 0 Å². The second kappa shape index (κ2) is 5.26. The number of methoxy groups -OCH3 is 1. The monoisotopic (exact) mass is 306 g/mol. The highest BCUT2D eigenvalue weighted by molar-refractivity contribution is 8.01.